The predicted molar refractivity (Wildman–Crippen MR) is 97.4 cm³/mol. The lowest BCUT2D eigenvalue weighted by molar-refractivity contribution is 0.578. The molecule has 0 atom stereocenters. The van der Waals surface area contributed by atoms with Crippen LogP contribution in [-0.2, 0) is 20.0 Å². The van der Waals surface area contributed by atoms with Crippen molar-refractivity contribution in [2.45, 2.75) is 25.7 Å². The number of rotatable bonds is 7. The van der Waals surface area contributed by atoms with Crippen LogP contribution in [0.4, 0.5) is 10.2 Å². The van der Waals surface area contributed by atoms with Gasteiger partial charge in [-0.1, -0.05) is 11.6 Å². The Morgan fingerprint density at radius 1 is 1.12 bits per heavy atom. The molecule has 1 aromatic rings. The molecule has 2 fully saturated rings. The Morgan fingerprint density at radius 3 is 2.00 bits per heavy atom. The molecule has 0 spiro atoms. The zero-order valence-corrected chi connectivity index (χ0v) is 17.0. The van der Waals surface area contributed by atoms with Crippen LogP contribution in [0.1, 0.15) is 25.7 Å². The van der Waals surface area contributed by atoms with Crippen LogP contribution in [0.5, 0.6) is 0 Å². The lowest BCUT2D eigenvalue weighted by atomic mass is 10.4. The molecule has 0 amide bonds. The fraction of sp³-hybridized carbons (Fsp3) is 0.615. The van der Waals surface area contributed by atoms with E-state index in [2.05, 4.69) is 4.98 Å². The highest BCUT2D eigenvalue weighted by molar-refractivity contribution is 14.1. The second-order valence-corrected chi connectivity index (χ2v) is 11.6. The normalized spacial score (nSPS) is 18.6. The quantitative estimate of drug-likeness (QED) is 0.529. The maximum atomic E-state index is 13.6. The predicted octanol–water partition coefficient (Wildman–Crippen LogP) is 2.76. The molecule has 134 valence electrons. The van der Waals surface area contributed by atoms with E-state index in [0.717, 1.165) is 31.9 Å². The molecule has 1 heterocycles. The van der Waals surface area contributed by atoms with Gasteiger partial charge in [-0.05, 0) is 60.1 Å². The molecule has 2 aliphatic carbocycles. The summed E-state index contributed by atoms with van der Waals surface area (Å²) in [5.41, 5.74) is 0. The zero-order valence-electron chi connectivity index (χ0n) is 12.5. The molecule has 24 heavy (non-hydrogen) atoms. The number of hydrogen-bond donors (Lipinski definition) is 0. The first kappa shape index (κ1) is 18.6. The second-order valence-electron chi connectivity index (χ2n) is 6.20. The number of halogens is 3. The van der Waals surface area contributed by atoms with Crippen LogP contribution in [0.2, 0.25) is 5.02 Å². The number of pyridine rings is 1. The van der Waals surface area contributed by atoms with Crippen molar-refractivity contribution in [1.82, 2.24) is 4.98 Å². The molecule has 1 aromatic heterocycles. The Kier molecular flexibility index (Phi) is 5.04. The monoisotopic (exact) mass is 508 g/mol. The van der Waals surface area contributed by atoms with Crippen molar-refractivity contribution in [2.75, 3.05) is 15.2 Å². The van der Waals surface area contributed by atoms with E-state index in [-0.39, 0.29) is 31.9 Å². The number of sulfonamides is 2. The van der Waals surface area contributed by atoms with Crippen molar-refractivity contribution in [2.24, 2.45) is 11.8 Å². The summed E-state index contributed by atoms with van der Waals surface area (Å²) in [5.74, 6) is -1.82. The first-order valence-corrected chi connectivity index (χ1v) is 12.0. The number of nitrogens with zero attached hydrogens (tertiary/aromatic N) is 2. The lowest BCUT2D eigenvalue weighted by Crippen LogP contribution is -2.41. The highest BCUT2D eigenvalue weighted by Crippen LogP contribution is 2.39. The summed E-state index contributed by atoms with van der Waals surface area (Å²) in [5, 5.41) is -0.311. The summed E-state index contributed by atoms with van der Waals surface area (Å²) in [6, 6.07) is 0. The number of hydrogen-bond acceptors (Lipinski definition) is 5. The van der Waals surface area contributed by atoms with E-state index in [4.69, 9.17) is 11.6 Å². The standard InChI is InChI=1S/C13H15ClFIN2O4S2/c14-11-12(16)10(15)5-17-13(11)18(23(19,20)6-8-1-2-8)24(21,22)7-9-3-4-9/h5,8-9H,1-4,6-7H2. The van der Waals surface area contributed by atoms with Gasteiger partial charge in [0.1, 0.15) is 5.02 Å². The molecule has 3 rings (SSSR count). The lowest BCUT2D eigenvalue weighted by Gasteiger charge is -2.24. The average Bonchev–Trinajstić information content (AvgIpc) is 3.36. The minimum Gasteiger partial charge on any atom is -0.233 e. The van der Waals surface area contributed by atoms with Crippen LogP contribution in [0.15, 0.2) is 6.20 Å². The van der Waals surface area contributed by atoms with Gasteiger partial charge in [-0.25, -0.2) is 26.2 Å². The van der Waals surface area contributed by atoms with Gasteiger partial charge in [-0.2, -0.15) is 0 Å². The van der Waals surface area contributed by atoms with Gasteiger partial charge in [-0.3, -0.25) is 0 Å². The summed E-state index contributed by atoms with van der Waals surface area (Å²) in [7, 11) is -8.33. The number of aromatic nitrogens is 1. The van der Waals surface area contributed by atoms with Crippen molar-refractivity contribution in [1.29, 1.82) is 0 Å². The molecule has 0 saturated heterocycles. The van der Waals surface area contributed by atoms with Crippen molar-refractivity contribution in [3.63, 3.8) is 0 Å². The zero-order chi connectivity index (χ0) is 17.7. The molecule has 0 aliphatic heterocycles. The Labute approximate surface area is 159 Å². The van der Waals surface area contributed by atoms with Crippen LogP contribution < -0.4 is 3.71 Å². The maximum absolute atomic E-state index is 13.6. The summed E-state index contributed by atoms with van der Waals surface area (Å²) < 4.78 is 64.8. The topological polar surface area (TPSA) is 84.4 Å². The fourth-order valence-corrected chi connectivity index (χ4v) is 7.68. The van der Waals surface area contributed by atoms with E-state index < -0.39 is 31.7 Å². The van der Waals surface area contributed by atoms with E-state index in [9.17, 15) is 21.2 Å². The van der Waals surface area contributed by atoms with E-state index in [1.54, 1.807) is 22.6 Å². The van der Waals surface area contributed by atoms with Crippen LogP contribution in [0.3, 0.4) is 0 Å². The first-order chi connectivity index (χ1) is 11.1. The van der Waals surface area contributed by atoms with Crippen molar-refractivity contribution in [3.8, 4) is 0 Å². The Hall–Kier alpha value is -0.200. The molecule has 11 heteroatoms. The van der Waals surface area contributed by atoms with Gasteiger partial charge in [0, 0.05) is 0 Å². The van der Waals surface area contributed by atoms with Crippen molar-refractivity contribution in [3.05, 3.63) is 20.6 Å². The van der Waals surface area contributed by atoms with Gasteiger partial charge in [-0.15, -0.1) is 3.71 Å². The van der Waals surface area contributed by atoms with E-state index >= 15 is 0 Å². The molecular formula is C13H15ClFIN2O4S2. The molecule has 2 aliphatic rings. The van der Waals surface area contributed by atoms with Gasteiger partial charge in [0.2, 0.25) is 20.0 Å². The van der Waals surface area contributed by atoms with Gasteiger partial charge < -0.3 is 0 Å². The van der Waals surface area contributed by atoms with Gasteiger partial charge in [0.15, 0.2) is 11.6 Å². The van der Waals surface area contributed by atoms with E-state index in [0.29, 0.717) is 3.71 Å². The summed E-state index contributed by atoms with van der Waals surface area (Å²) in [4.78, 5) is 3.68. The smallest absolute Gasteiger partial charge is 0.233 e. The second kappa shape index (κ2) is 6.51. The van der Waals surface area contributed by atoms with Crippen LogP contribution >= 0.6 is 34.2 Å². The largest absolute Gasteiger partial charge is 0.249 e. The molecule has 6 nitrogen and oxygen atoms in total. The molecular weight excluding hydrogens is 494 g/mol. The minimum atomic E-state index is -4.17. The first-order valence-electron chi connectivity index (χ1n) is 7.37. The summed E-state index contributed by atoms with van der Waals surface area (Å²) in [6.07, 6.45) is 3.78. The Bertz CT molecular complexity index is 826. The Morgan fingerprint density at radius 2 is 1.58 bits per heavy atom. The van der Waals surface area contributed by atoms with Gasteiger partial charge >= 0.3 is 0 Å². The van der Waals surface area contributed by atoms with Gasteiger partial charge in [0.25, 0.3) is 0 Å². The third-order valence-electron chi connectivity index (χ3n) is 3.86. The van der Waals surface area contributed by atoms with Crippen LogP contribution in [0, 0.1) is 21.2 Å². The van der Waals surface area contributed by atoms with E-state index in [1.165, 1.54) is 0 Å². The minimum absolute atomic E-state index is 0.0491. The summed E-state index contributed by atoms with van der Waals surface area (Å²) >= 11 is 7.63. The highest BCUT2D eigenvalue weighted by atomic mass is 127. The van der Waals surface area contributed by atoms with Crippen molar-refractivity contribution < 1.29 is 21.2 Å². The highest BCUT2D eigenvalue weighted by Gasteiger charge is 2.43. The molecule has 0 N–H and O–H groups in total. The summed E-state index contributed by atoms with van der Waals surface area (Å²) in [6.45, 7) is 0. The third-order valence-corrected chi connectivity index (χ3v) is 10.1. The molecule has 2 saturated carbocycles. The van der Waals surface area contributed by atoms with E-state index in [1.807, 2.05) is 0 Å². The number of anilines is 1. The fourth-order valence-electron chi connectivity index (χ4n) is 2.30. The Balaban J connectivity index is 2.09. The van der Waals surface area contributed by atoms with Crippen LogP contribution in [-0.4, -0.2) is 33.3 Å². The third kappa shape index (κ3) is 3.96. The van der Waals surface area contributed by atoms with Gasteiger partial charge in [0.05, 0.1) is 21.3 Å². The molecule has 0 unspecified atom stereocenters. The maximum Gasteiger partial charge on any atom is 0.249 e. The molecule has 0 aromatic carbocycles. The van der Waals surface area contributed by atoms with Crippen molar-refractivity contribution >= 4 is 60.1 Å². The molecule has 0 bridgehead atoms. The molecule has 0 radical (unpaired) electrons. The SMILES string of the molecule is O=S(=O)(CC1CC1)N(c1ncc(F)c(I)c1Cl)S(=O)(=O)CC1CC1. The average molecular weight is 509 g/mol. The van der Waals surface area contributed by atoms with Crippen LogP contribution in [0.25, 0.3) is 0 Å².